The molecule has 0 N–H and O–H groups in total. The van der Waals surface area contributed by atoms with E-state index in [0.717, 1.165) is 4.31 Å². The van der Waals surface area contributed by atoms with Gasteiger partial charge in [-0.25, -0.2) is 4.31 Å². The van der Waals surface area contributed by atoms with Gasteiger partial charge in [0.1, 0.15) is 12.0 Å². The van der Waals surface area contributed by atoms with Crippen molar-refractivity contribution in [2.24, 2.45) is 0 Å². The molecule has 2 aromatic rings. The summed E-state index contributed by atoms with van der Waals surface area (Å²) in [5.74, 6) is 0.702. The fraction of sp³-hybridized carbons (Fsp3) is 0.167. The van der Waals surface area contributed by atoms with Crippen molar-refractivity contribution < 1.29 is 22.5 Å². The Morgan fingerprint density at radius 3 is 2.50 bits per heavy atom. The number of methoxy groups -OCH3 is 1. The largest absolute Gasteiger partial charge is 0.497 e. The SMILES string of the molecule is COc1ccc(CN(c2ccon2)S(=O)(=O)C=O)cc1. The lowest BCUT2D eigenvalue weighted by atomic mass is 10.2. The van der Waals surface area contributed by atoms with Gasteiger partial charge in [0.2, 0.25) is 0 Å². The second-order valence-electron chi connectivity index (χ2n) is 3.85. The van der Waals surface area contributed by atoms with Crippen LogP contribution in [0.25, 0.3) is 0 Å². The summed E-state index contributed by atoms with van der Waals surface area (Å²) in [6, 6.07) is 8.16. The molecule has 8 heteroatoms. The summed E-state index contributed by atoms with van der Waals surface area (Å²) in [6.07, 6.45) is 1.23. The fourth-order valence-corrected chi connectivity index (χ4v) is 2.37. The van der Waals surface area contributed by atoms with Crippen LogP contribution in [-0.2, 0) is 21.4 Å². The molecule has 0 amide bonds. The van der Waals surface area contributed by atoms with Crippen LogP contribution in [0.4, 0.5) is 5.82 Å². The van der Waals surface area contributed by atoms with Gasteiger partial charge < -0.3 is 9.26 Å². The van der Waals surface area contributed by atoms with Crippen molar-refractivity contribution >= 4 is 21.5 Å². The molecular formula is C12H12N2O5S. The van der Waals surface area contributed by atoms with Gasteiger partial charge in [-0.15, -0.1) is 0 Å². The average molecular weight is 296 g/mol. The summed E-state index contributed by atoms with van der Waals surface area (Å²) in [5.41, 5.74) is 0.560. The van der Waals surface area contributed by atoms with Gasteiger partial charge in [0, 0.05) is 6.07 Å². The van der Waals surface area contributed by atoms with Crippen LogP contribution in [0, 0.1) is 0 Å². The van der Waals surface area contributed by atoms with Crippen molar-refractivity contribution in [2.75, 3.05) is 11.4 Å². The molecule has 0 radical (unpaired) electrons. The van der Waals surface area contributed by atoms with E-state index < -0.39 is 10.0 Å². The van der Waals surface area contributed by atoms with Crippen molar-refractivity contribution in [3.8, 4) is 5.75 Å². The third-order valence-corrected chi connectivity index (χ3v) is 3.77. The molecule has 0 aliphatic rings. The molecule has 0 bridgehead atoms. The predicted molar refractivity (Wildman–Crippen MR) is 71.4 cm³/mol. The van der Waals surface area contributed by atoms with E-state index in [9.17, 15) is 13.2 Å². The summed E-state index contributed by atoms with van der Waals surface area (Å²) < 4.78 is 34.1. The van der Waals surface area contributed by atoms with Crippen molar-refractivity contribution in [2.45, 2.75) is 6.54 Å². The summed E-state index contributed by atoms with van der Waals surface area (Å²) >= 11 is 0. The van der Waals surface area contributed by atoms with Gasteiger partial charge in [-0.2, -0.15) is 8.42 Å². The molecule has 0 fully saturated rings. The number of nitrogens with zero attached hydrogens (tertiary/aromatic N) is 2. The Kier molecular flexibility index (Phi) is 4.04. The molecule has 0 spiro atoms. The highest BCUT2D eigenvalue weighted by Gasteiger charge is 2.24. The zero-order chi connectivity index (χ0) is 14.6. The first kappa shape index (κ1) is 14.1. The van der Waals surface area contributed by atoms with E-state index in [2.05, 4.69) is 9.68 Å². The zero-order valence-electron chi connectivity index (χ0n) is 10.6. The van der Waals surface area contributed by atoms with Gasteiger partial charge in [0.15, 0.2) is 5.82 Å². The number of hydrogen-bond donors (Lipinski definition) is 0. The number of aromatic nitrogens is 1. The second kappa shape index (κ2) is 5.74. The Bertz CT molecular complexity index is 664. The third kappa shape index (κ3) is 2.97. The molecule has 0 saturated heterocycles. The highest BCUT2D eigenvalue weighted by molar-refractivity contribution is 8.05. The number of benzene rings is 1. The Morgan fingerprint density at radius 2 is 2.00 bits per heavy atom. The third-order valence-electron chi connectivity index (χ3n) is 2.59. The van der Waals surface area contributed by atoms with Crippen molar-refractivity contribution in [3.05, 3.63) is 42.2 Å². The minimum absolute atomic E-state index is 0.0302. The molecule has 0 atom stereocenters. The summed E-state index contributed by atoms with van der Waals surface area (Å²) in [6.45, 7) is -0.0302. The van der Waals surface area contributed by atoms with Crippen LogP contribution in [0.15, 0.2) is 41.1 Å². The Labute approximate surface area is 115 Å². The van der Waals surface area contributed by atoms with Crippen LogP contribution in [0.1, 0.15) is 5.56 Å². The maximum absolute atomic E-state index is 11.8. The molecule has 106 valence electrons. The lowest BCUT2D eigenvalue weighted by Crippen LogP contribution is -2.31. The number of sulfonamides is 1. The van der Waals surface area contributed by atoms with Gasteiger partial charge in [-0.05, 0) is 17.7 Å². The van der Waals surface area contributed by atoms with Crippen LogP contribution in [0.2, 0.25) is 0 Å². The number of carbonyl (C=O) groups is 1. The maximum Gasteiger partial charge on any atom is 0.296 e. The Hall–Kier alpha value is -2.35. The van der Waals surface area contributed by atoms with E-state index in [1.54, 1.807) is 24.3 Å². The summed E-state index contributed by atoms with van der Waals surface area (Å²) in [7, 11) is -2.56. The van der Waals surface area contributed by atoms with Crippen LogP contribution in [0.5, 0.6) is 5.75 Å². The van der Waals surface area contributed by atoms with E-state index in [1.807, 2.05) is 0 Å². The Balaban J connectivity index is 2.31. The number of ether oxygens (including phenoxy) is 1. The highest BCUT2D eigenvalue weighted by atomic mass is 32.2. The minimum atomic E-state index is -4.10. The van der Waals surface area contributed by atoms with Gasteiger partial charge in [0.25, 0.3) is 15.6 Å². The standard InChI is InChI=1S/C12H12N2O5S/c1-18-11-4-2-10(3-5-11)8-14(20(16,17)9-15)12-6-7-19-13-12/h2-7,9H,8H2,1H3. The van der Waals surface area contributed by atoms with E-state index in [-0.39, 0.29) is 18.0 Å². The first-order valence-corrected chi connectivity index (χ1v) is 7.08. The number of anilines is 1. The van der Waals surface area contributed by atoms with E-state index in [0.29, 0.717) is 11.3 Å². The van der Waals surface area contributed by atoms with Crippen LogP contribution in [0.3, 0.4) is 0 Å². The predicted octanol–water partition coefficient (Wildman–Crippen LogP) is 1.21. The minimum Gasteiger partial charge on any atom is -0.497 e. The van der Waals surface area contributed by atoms with Crippen LogP contribution >= 0.6 is 0 Å². The van der Waals surface area contributed by atoms with Crippen LogP contribution < -0.4 is 9.04 Å². The molecule has 1 aromatic heterocycles. The van der Waals surface area contributed by atoms with Gasteiger partial charge in [0.05, 0.1) is 13.7 Å². The lowest BCUT2D eigenvalue weighted by molar-refractivity contribution is 0.414. The molecular weight excluding hydrogens is 284 g/mol. The number of carbonyl (C=O) groups excluding carboxylic acids is 1. The van der Waals surface area contributed by atoms with Crippen molar-refractivity contribution in [3.63, 3.8) is 0 Å². The highest BCUT2D eigenvalue weighted by Crippen LogP contribution is 2.19. The molecule has 0 aliphatic carbocycles. The topological polar surface area (TPSA) is 89.7 Å². The normalized spacial score (nSPS) is 11.1. The average Bonchev–Trinajstić information content (AvgIpc) is 2.99. The van der Waals surface area contributed by atoms with Gasteiger partial charge >= 0.3 is 0 Å². The summed E-state index contributed by atoms with van der Waals surface area (Å²) in [5, 5.41) is 3.55. The van der Waals surface area contributed by atoms with Crippen molar-refractivity contribution in [1.82, 2.24) is 5.16 Å². The molecule has 2 rings (SSSR count). The molecule has 0 aliphatic heterocycles. The monoisotopic (exact) mass is 296 g/mol. The molecule has 1 aromatic carbocycles. The molecule has 0 saturated carbocycles. The van der Waals surface area contributed by atoms with E-state index >= 15 is 0 Å². The summed E-state index contributed by atoms with van der Waals surface area (Å²) in [4.78, 5) is 10.7. The van der Waals surface area contributed by atoms with E-state index in [1.165, 1.54) is 19.4 Å². The number of rotatable bonds is 6. The fourth-order valence-electron chi connectivity index (χ4n) is 1.58. The van der Waals surface area contributed by atoms with E-state index in [4.69, 9.17) is 4.74 Å². The van der Waals surface area contributed by atoms with Crippen LogP contribution in [-0.4, -0.2) is 26.3 Å². The first-order chi connectivity index (χ1) is 9.56. The second-order valence-corrected chi connectivity index (χ2v) is 5.52. The lowest BCUT2D eigenvalue weighted by Gasteiger charge is -2.18. The maximum atomic E-state index is 11.8. The molecule has 7 nitrogen and oxygen atoms in total. The first-order valence-electron chi connectivity index (χ1n) is 5.58. The molecule has 0 unspecified atom stereocenters. The molecule has 20 heavy (non-hydrogen) atoms. The smallest absolute Gasteiger partial charge is 0.296 e. The van der Waals surface area contributed by atoms with Crippen molar-refractivity contribution in [1.29, 1.82) is 0 Å². The molecule has 1 heterocycles. The van der Waals surface area contributed by atoms with Gasteiger partial charge in [-0.1, -0.05) is 17.3 Å². The Morgan fingerprint density at radius 1 is 1.30 bits per heavy atom. The quantitative estimate of drug-likeness (QED) is 0.744. The van der Waals surface area contributed by atoms with Gasteiger partial charge in [-0.3, -0.25) is 4.79 Å². The zero-order valence-corrected chi connectivity index (χ0v) is 11.4. The number of hydrogen-bond acceptors (Lipinski definition) is 6.